The molecule has 0 fully saturated rings. The summed E-state index contributed by atoms with van der Waals surface area (Å²) in [7, 11) is 0. The van der Waals surface area contributed by atoms with Gasteiger partial charge in [0.05, 0.1) is 5.02 Å². The van der Waals surface area contributed by atoms with E-state index in [9.17, 15) is 0 Å². The molecule has 0 nitrogen and oxygen atoms in total. The monoisotopic (exact) mass is 356 g/mol. The first-order chi connectivity index (χ1) is 12.6. The minimum atomic E-state index is 0.848. The maximum absolute atomic E-state index is 6.82. The van der Waals surface area contributed by atoms with Crippen molar-refractivity contribution in [1.82, 2.24) is 0 Å². The fourth-order valence-electron chi connectivity index (χ4n) is 3.58. The molecule has 0 unspecified atom stereocenters. The Morgan fingerprint density at radius 1 is 0.769 bits per heavy atom. The van der Waals surface area contributed by atoms with E-state index in [1.807, 2.05) is 0 Å². The Balaban J connectivity index is 1.77. The molecule has 0 spiro atoms. The van der Waals surface area contributed by atoms with Gasteiger partial charge in [-0.15, -0.1) is 0 Å². The summed E-state index contributed by atoms with van der Waals surface area (Å²) >= 11 is 6.82. The molecule has 0 aromatic heterocycles. The number of aryl methyl sites for hydroxylation is 2. The van der Waals surface area contributed by atoms with E-state index in [0.717, 1.165) is 17.0 Å². The summed E-state index contributed by atoms with van der Waals surface area (Å²) in [6.45, 7) is 4.28. The predicted octanol–water partition coefficient (Wildman–Crippen LogP) is 7.37. The van der Waals surface area contributed by atoms with Crippen LogP contribution in [0.4, 0.5) is 0 Å². The lowest BCUT2D eigenvalue weighted by atomic mass is 9.96. The van der Waals surface area contributed by atoms with Gasteiger partial charge in [0.2, 0.25) is 0 Å². The highest BCUT2D eigenvalue weighted by Crippen LogP contribution is 2.34. The van der Waals surface area contributed by atoms with Crippen molar-refractivity contribution in [1.29, 1.82) is 0 Å². The van der Waals surface area contributed by atoms with Gasteiger partial charge >= 0.3 is 0 Å². The van der Waals surface area contributed by atoms with E-state index < -0.39 is 0 Å². The van der Waals surface area contributed by atoms with E-state index in [-0.39, 0.29) is 0 Å². The molecule has 0 bridgehead atoms. The maximum atomic E-state index is 6.82. The third-order valence-electron chi connectivity index (χ3n) is 4.97. The largest absolute Gasteiger partial charge is 0.0833 e. The summed E-state index contributed by atoms with van der Waals surface area (Å²) < 4.78 is 0. The van der Waals surface area contributed by atoms with Crippen molar-refractivity contribution in [3.63, 3.8) is 0 Å². The van der Waals surface area contributed by atoms with Gasteiger partial charge in [0.25, 0.3) is 0 Å². The molecule has 0 atom stereocenters. The second-order valence-corrected chi connectivity index (χ2v) is 7.33. The molecule has 0 aliphatic rings. The fourth-order valence-corrected chi connectivity index (χ4v) is 3.88. The van der Waals surface area contributed by atoms with Crippen LogP contribution in [0.3, 0.4) is 0 Å². The lowest BCUT2D eigenvalue weighted by molar-refractivity contribution is 1.18. The van der Waals surface area contributed by atoms with Gasteiger partial charge in [-0.1, -0.05) is 90.0 Å². The van der Waals surface area contributed by atoms with E-state index in [1.54, 1.807) is 0 Å². The Morgan fingerprint density at radius 2 is 1.58 bits per heavy atom. The Labute approximate surface area is 160 Å². The second-order valence-electron chi connectivity index (χ2n) is 6.96. The number of hydrogen-bond acceptors (Lipinski definition) is 0. The Morgan fingerprint density at radius 3 is 2.42 bits per heavy atom. The van der Waals surface area contributed by atoms with E-state index in [4.69, 9.17) is 11.6 Å². The van der Waals surface area contributed by atoms with Crippen molar-refractivity contribution in [3.05, 3.63) is 106 Å². The minimum Gasteiger partial charge on any atom is -0.0833 e. The molecule has 1 heteroatoms. The standard InChI is InChI=1S/C25H21Cl/c1-17-6-3-8-19(14-17)15-22-10-5-11-23(25(22)26)21-13-12-20-9-4-7-18(2)24(20)16-21/h3-14,16H,15H2,1-2H3. The summed E-state index contributed by atoms with van der Waals surface area (Å²) in [5.74, 6) is 0. The van der Waals surface area contributed by atoms with Gasteiger partial charge in [0.15, 0.2) is 0 Å². The highest BCUT2D eigenvalue weighted by molar-refractivity contribution is 6.34. The molecule has 0 heterocycles. The topological polar surface area (TPSA) is 0 Å². The van der Waals surface area contributed by atoms with Gasteiger partial charge in [-0.3, -0.25) is 0 Å². The molecule has 128 valence electrons. The van der Waals surface area contributed by atoms with Crippen LogP contribution in [0.1, 0.15) is 22.3 Å². The van der Waals surface area contributed by atoms with Crippen LogP contribution in [0.2, 0.25) is 5.02 Å². The number of hydrogen-bond donors (Lipinski definition) is 0. The maximum Gasteiger partial charge on any atom is 0.0519 e. The van der Waals surface area contributed by atoms with Crippen molar-refractivity contribution in [2.45, 2.75) is 20.3 Å². The molecule has 0 saturated heterocycles. The van der Waals surface area contributed by atoms with Crippen LogP contribution in [0.5, 0.6) is 0 Å². The summed E-state index contributed by atoms with van der Waals surface area (Å²) in [5, 5.41) is 3.40. The Kier molecular flexibility index (Phi) is 4.53. The van der Waals surface area contributed by atoms with Crippen LogP contribution >= 0.6 is 11.6 Å². The normalized spacial score (nSPS) is 11.0. The molecule has 0 radical (unpaired) electrons. The lowest BCUT2D eigenvalue weighted by Crippen LogP contribution is -1.92. The fraction of sp³-hybridized carbons (Fsp3) is 0.120. The van der Waals surface area contributed by atoms with Crippen molar-refractivity contribution >= 4 is 22.4 Å². The van der Waals surface area contributed by atoms with E-state index >= 15 is 0 Å². The first-order valence-electron chi connectivity index (χ1n) is 8.94. The number of halogens is 1. The third kappa shape index (κ3) is 3.25. The van der Waals surface area contributed by atoms with Crippen molar-refractivity contribution in [2.75, 3.05) is 0 Å². The average Bonchev–Trinajstić information content (AvgIpc) is 2.64. The van der Waals surface area contributed by atoms with Crippen molar-refractivity contribution in [2.24, 2.45) is 0 Å². The van der Waals surface area contributed by atoms with Crippen LogP contribution in [0, 0.1) is 13.8 Å². The van der Waals surface area contributed by atoms with Crippen LogP contribution < -0.4 is 0 Å². The Hall–Kier alpha value is -2.57. The van der Waals surface area contributed by atoms with Crippen molar-refractivity contribution < 1.29 is 0 Å². The molecular formula is C25H21Cl. The van der Waals surface area contributed by atoms with Crippen LogP contribution in [-0.4, -0.2) is 0 Å². The van der Waals surface area contributed by atoms with E-state index in [1.165, 1.54) is 38.6 Å². The van der Waals surface area contributed by atoms with Gasteiger partial charge in [-0.05, 0) is 59.4 Å². The number of benzene rings is 4. The van der Waals surface area contributed by atoms with Gasteiger partial charge in [-0.2, -0.15) is 0 Å². The average molecular weight is 357 g/mol. The zero-order valence-corrected chi connectivity index (χ0v) is 15.8. The zero-order chi connectivity index (χ0) is 18.1. The van der Waals surface area contributed by atoms with Gasteiger partial charge in [-0.25, -0.2) is 0 Å². The highest BCUT2D eigenvalue weighted by atomic mass is 35.5. The molecule has 0 aliphatic heterocycles. The van der Waals surface area contributed by atoms with Crippen molar-refractivity contribution in [3.8, 4) is 11.1 Å². The summed E-state index contributed by atoms with van der Waals surface area (Å²) in [4.78, 5) is 0. The first-order valence-corrected chi connectivity index (χ1v) is 9.32. The van der Waals surface area contributed by atoms with Gasteiger partial charge < -0.3 is 0 Å². The molecule has 0 amide bonds. The molecule has 4 aromatic carbocycles. The SMILES string of the molecule is Cc1cccc(Cc2cccc(-c3ccc4cccc(C)c4c3)c2Cl)c1. The van der Waals surface area contributed by atoms with Crippen LogP contribution in [0.15, 0.2) is 78.9 Å². The summed E-state index contributed by atoms with van der Waals surface area (Å²) in [6.07, 6.45) is 0.848. The molecule has 0 saturated carbocycles. The predicted molar refractivity (Wildman–Crippen MR) is 113 cm³/mol. The van der Waals surface area contributed by atoms with E-state index in [0.29, 0.717) is 0 Å². The lowest BCUT2D eigenvalue weighted by Gasteiger charge is -2.12. The molecule has 0 aliphatic carbocycles. The van der Waals surface area contributed by atoms with Crippen LogP contribution in [0.25, 0.3) is 21.9 Å². The molecule has 0 N–H and O–H groups in total. The number of fused-ring (bicyclic) bond motifs is 1. The molecule has 4 rings (SSSR count). The van der Waals surface area contributed by atoms with Gasteiger partial charge in [0.1, 0.15) is 0 Å². The minimum absolute atomic E-state index is 0.848. The quantitative estimate of drug-likeness (QED) is 0.359. The molecular weight excluding hydrogens is 336 g/mol. The second kappa shape index (κ2) is 6.97. The van der Waals surface area contributed by atoms with Crippen LogP contribution in [-0.2, 0) is 6.42 Å². The smallest absolute Gasteiger partial charge is 0.0519 e. The summed E-state index contributed by atoms with van der Waals surface area (Å²) in [6, 6.07) is 28.0. The third-order valence-corrected chi connectivity index (χ3v) is 5.41. The molecule has 26 heavy (non-hydrogen) atoms. The molecule has 4 aromatic rings. The van der Waals surface area contributed by atoms with E-state index in [2.05, 4.69) is 92.7 Å². The first kappa shape index (κ1) is 16.9. The number of rotatable bonds is 3. The zero-order valence-electron chi connectivity index (χ0n) is 15.1. The Bertz CT molecular complexity index is 1090. The summed E-state index contributed by atoms with van der Waals surface area (Å²) in [5.41, 5.74) is 7.29. The van der Waals surface area contributed by atoms with Gasteiger partial charge in [0, 0.05) is 5.56 Å². The highest BCUT2D eigenvalue weighted by Gasteiger charge is 2.10.